The quantitative estimate of drug-likeness (QED) is 0.479. The molecule has 0 atom stereocenters. The molecule has 0 aliphatic rings. The summed E-state index contributed by atoms with van der Waals surface area (Å²) in [5, 5.41) is 0.516. The first kappa shape index (κ1) is 7.21. The van der Waals surface area contributed by atoms with Crippen LogP contribution in [0.4, 0.5) is 4.39 Å². The fourth-order valence-electron chi connectivity index (χ4n) is 0.504. The van der Waals surface area contributed by atoms with Crippen molar-refractivity contribution in [2.75, 3.05) is 0 Å². The zero-order valence-corrected chi connectivity index (χ0v) is 7.65. The van der Waals surface area contributed by atoms with Crippen molar-refractivity contribution in [2.45, 2.75) is 0 Å². The molecule has 0 saturated carbocycles. The lowest BCUT2D eigenvalue weighted by Crippen LogP contribution is -2.08. The molecule has 0 aliphatic heterocycles. The van der Waals surface area contributed by atoms with Gasteiger partial charge in [0.1, 0.15) is 5.82 Å². The molecule has 0 saturated heterocycles. The van der Waals surface area contributed by atoms with Gasteiger partial charge in [0.15, 0.2) is 0 Å². The van der Waals surface area contributed by atoms with E-state index in [2.05, 4.69) is 10.2 Å². The van der Waals surface area contributed by atoms with Crippen LogP contribution in [0.1, 0.15) is 0 Å². The van der Waals surface area contributed by atoms with Crippen molar-refractivity contribution in [1.82, 2.24) is 0 Å². The maximum Gasteiger partial charge on any atom is 0.134 e. The third-order valence-corrected chi connectivity index (χ3v) is 2.17. The molecule has 9 heavy (non-hydrogen) atoms. The summed E-state index contributed by atoms with van der Waals surface area (Å²) in [5.74, 6) is -0.185. The zero-order chi connectivity index (χ0) is 6.85. The molecule has 0 fully saturated rings. The predicted octanol–water partition coefficient (Wildman–Crippen LogP) is 1.22. The summed E-state index contributed by atoms with van der Waals surface area (Å²) < 4.78 is 13.3. The van der Waals surface area contributed by atoms with Gasteiger partial charge in [-0.1, -0.05) is 12.1 Å². The van der Waals surface area contributed by atoms with Crippen molar-refractivity contribution in [2.24, 2.45) is 0 Å². The average Bonchev–Trinajstić information content (AvgIpc) is 1.83. The molecule has 0 N–H and O–H groups in total. The first-order chi connectivity index (χ1) is 4.22. The summed E-state index contributed by atoms with van der Waals surface area (Å²) >= 11 is 1.94. The Bertz CT molecular complexity index is 204. The van der Waals surface area contributed by atoms with Gasteiger partial charge in [-0.3, -0.25) is 0 Å². The van der Waals surface area contributed by atoms with Crippen molar-refractivity contribution < 1.29 is 4.39 Å². The fourth-order valence-corrected chi connectivity index (χ4v) is 1.49. The van der Waals surface area contributed by atoms with Crippen LogP contribution in [0.25, 0.3) is 0 Å². The zero-order valence-electron chi connectivity index (χ0n) is 4.49. The van der Waals surface area contributed by atoms with Crippen LogP contribution < -0.4 is 5.19 Å². The Morgan fingerprint density at radius 1 is 1.44 bits per heavy atom. The van der Waals surface area contributed by atoms with Crippen molar-refractivity contribution in [1.29, 1.82) is 0 Å². The molecule has 0 unspecified atom stereocenters. The van der Waals surface area contributed by atoms with Crippen LogP contribution in [-0.4, -0.2) is 10.2 Å². The third-order valence-electron chi connectivity index (χ3n) is 0.952. The molecule has 0 aliphatic carbocycles. The third kappa shape index (κ3) is 1.51. The van der Waals surface area contributed by atoms with Gasteiger partial charge in [0.25, 0.3) is 0 Å². The highest BCUT2D eigenvalue weighted by Crippen LogP contribution is 2.05. The lowest BCUT2D eigenvalue weighted by Gasteiger charge is -1.95. The van der Waals surface area contributed by atoms with Crippen molar-refractivity contribution in [3.63, 3.8) is 0 Å². The summed E-state index contributed by atoms with van der Waals surface area (Å²) in [6, 6.07) is 5.20. The highest BCUT2D eigenvalue weighted by molar-refractivity contribution is 14.1. The molecule has 0 amide bonds. The van der Waals surface area contributed by atoms with E-state index in [4.69, 9.17) is 0 Å². The van der Waals surface area contributed by atoms with Gasteiger partial charge < -0.3 is 0 Å². The Morgan fingerprint density at radius 2 is 2.11 bits per heavy atom. The van der Waals surface area contributed by atoms with Crippen LogP contribution in [0.5, 0.6) is 0 Å². The number of hydrogen-bond donors (Lipinski definition) is 0. The number of rotatable bonds is 0. The maximum absolute atomic E-state index is 12.7. The Hall–Kier alpha value is 0.0969. The minimum atomic E-state index is -0.185. The van der Waals surface area contributed by atoms with Crippen LogP contribution >= 0.6 is 22.6 Å². The first-order valence-electron chi connectivity index (χ1n) is 2.37. The number of benzene rings is 1. The second kappa shape index (κ2) is 2.79. The monoisotopic (exact) mass is 249 g/mol. The Morgan fingerprint density at radius 3 is 2.56 bits per heavy atom. The molecule has 0 spiro atoms. The van der Waals surface area contributed by atoms with E-state index in [0.29, 0.717) is 8.76 Å². The lowest BCUT2D eigenvalue weighted by atomic mass is 10.3. The van der Waals surface area contributed by atoms with Crippen molar-refractivity contribution in [3.05, 3.63) is 27.6 Å². The average molecular weight is 249 g/mol. The molecule has 1 rings (SSSR count). The largest absolute Gasteiger partial charge is 0.206 e. The Balaban J connectivity index is 3.25. The van der Waals surface area contributed by atoms with Crippen LogP contribution in [0.15, 0.2) is 18.2 Å². The highest BCUT2D eigenvalue weighted by Gasteiger charge is 1.98. The molecule has 1 aromatic carbocycles. The van der Waals surface area contributed by atoms with E-state index in [1.165, 1.54) is 0 Å². The highest BCUT2D eigenvalue weighted by atomic mass is 127. The van der Waals surface area contributed by atoms with Gasteiger partial charge in [-0.25, -0.2) is 4.39 Å². The molecule has 0 nitrogen and oxygen atoms in total. The molecule has 1 aromatic rings. The molecule has 45 valence electrons. The van der Waals surface area contributed by atoms with E-state index < -0.39 is 0 Å². The van der Waals surface area contributed by atoms with Crippen LogP contribution in [-0.2, 0) is 0 Å². The molecular formula is C6H3FISi. The minimum absolute atomic E-state index is 0.185. The SMILES string of the molecule is Fc1c([Si])cccc1I. The van der Waals surface area contributed by atoms with E-state index in [-0.39, 0.29) is 5.82 Å². The molecular weight excluding hydrogens is 246 g/mol. The predicted molar refractivity (Wildman–Crippen MR) is 44.5 cm³/mol. The molecule has 3 radical (unpaired) electrons. The molecule has 3 heteroatoms. The summed E-state index contributed by atoms with van der Waals surface area (Å²) in [7, 11) is 3.11. The second-order valence-corrected chi connectivity index (χ2v) is 3.30. The Labute approximate surface area is 70.0 Å². The topological polar surface area (TPSA) is 0 Å². The summed E-state index contributed by atoms with van der Waals surface area (Å²) in [6.45, 7) is 0. The number of hydrogen-bond acceptors (Lipinski definition) is 0. The normalized spacial score (nSPS) is 9.67. The molecule has 0 bridgehead atoms. The Kier molecular flexibility index (Phi) is 2.23. The van der Waals surface area contributed by atoms with Crippen molar-refractivity contribution >= 4 is 38.0 Å². The van der Waals surface area contributed by atoms with Crippen LogP contribution in [0.3, 0.4) is 0 Å². The van der Waals surface area contributed by atoms with E-state index in [1.807, 2.05) is 22.6 Å². The van der Waals surface area contributed by atoms with Crippen LogP contribution in [0, 0.1) is 9.39 Å². The summed E-state index contributed by atoms with van der Waals surface area (Å²) in [5.41, 5.74) is 0. The smallest absolute Gasteiger partial charge is 0.134 e. The van der Waals surface area contributed by atoms with Gasteiger partial charge in [0.2, 0.25) is 0 Å². The second-order valence-electron chi connectivity index (χ2n) is 1.60. The minimum Gasteiger partial charge on any atom is -0.206 e. The summed E-state index contributed by atoms with van der Waals surface area (Å²) in [6.07, 6.45) is 0. The lowest BCUT2D eigenvalue weighted by molar-refractivity contribution is 0.629. The van der Waals surface area contributed by atoms with Gasteiger partial charge in [-0.15, -0.1) is 0 Å². The fraction of sp³-hybridized carbons (Fsp3) is 0. The first-order valence-corrected chi connectivity index (χ1v) is 3.95. The van der Waals surface area contributed by atoms with Gasteiger partial charge in [0, 0.05) is 3.57 Å². The van der Waals surface area contributed by atoms with E-state index in [0.717, 1.165) is 0 Å². The van der Waals surface area contributed by atoms with E-state index >= 15 is 0 Å². The molecule has 0 heterocycles. The van der Waals surface area contributed by atoms with Gasteiger partial charge in [-0.2, -0.15) is 0 Å². The van der Waals surface area contributed by atoms with Gasteiger partial charge in [-0.05, 0) is 33.8 Å². The van der Waals surface area contributed by atoms with E-state index in [1.54, 1.807) is 18.2 Å². The van der Waals surface area contributed by atoms with Gasteiger partial charge in [0.05, 0.1) is 10.2 Å². The summed E-state index contributed by atoms with van der Waals surface area (Å²) in [4.78, 5) is 0. The van der Waals surface area contributed by atoms with Crippen LogP contribution in [0.2, 0.25) is 0 Å². The van der Waals surface area contributed by atoms with E-state index in [9.17, 15) is 4.39 Å². The standard InChI is InChI=1S/C6H3FISi/c7-6-4(8)2-1-3-5(6)9/h1-3H. The van der Waals surface area contributed by atoms with Crippen molar-refractivity contribution in [3.8, 4) is 0 Å². The van der Waals surface area contributed by atoms with Gasteiger partial charge >= 0.3 is 0 Å². The molecule has 0 aromatic heterocycles. The number of halogens is 2. The maximum atomic E-state index is 12.7.